The highest BCUT2D eigenvalue weighted by atomic mass is 32.1. The molecule has 0 bridgehead atoms. The number of hydrogen-bond donors (Lipinski definition) is 1. The Morgan fingerprint density at radius 3 is 2.65 bits per heavy atom. The Hall–Kier alpha value is -0.340. The maximum absolute atomic E-state index is 6.46. The van der Waals surface area contributed by atoms with Crippen molar-refractivity contribution in [3.8, 4) is 0 Å². The smallest absolute Gasteiger partial charge is 0.0418 e. The van der Waals surface area contributed by atoms with E-state index in [2.05, 4.69) is 6.07 Å². The molecule has 0 aromatic carbocycles. The lowest BCUT2D eigenvalue weighted by Gasteiger charge is -2.17. The molecule has 2 aliphatic rings. The molecule has 0 saturated heterocycles. The van der Waals surface area contributed by atoms with Crippen molar-refractivity contribution in [1.82, 2.24) is 0 Å². The first-order valence-corrected chi connectivity index (χ1v) is 8.03. The van der Waals surface area contributed by atoms with Gasteiger partial charge in [-0.25, -0.2) is 0 Å². The number of rotatable bonds is 2. The van der Waals surface area contributed by atoms with E-state index in [0.29, 0.717) is 6.04 Å². The van der Waals surface area contributed by atoms with Crippen molar-refractivity contribution in [3.05, 3.63) is 21.4 Å². The van der Waals surface area contributed by atoms with Gasteiger partial charge in [-0.05, 0) is 56.1 Å². The maximum atomic E-state index is 6.46. The van der Waals surface area contributed by atoms with Crippen LogP contribution in [0.15, 0.2) is 6.07 Å². The Balaban J connectivity index is 1.78. The van der Waals surface area contributed by atoms with Gasteiger partial charge in [-0.1, -0.05) is 19.3 Å². The molecule has 1 unspecified atom stereocenters. The zero-order valence-electron chi connectivity index (χ0n) is 10.6. The number of thiophene rings is 1. The van der Waals surface area contributed by atoms with Crippen LogP contribution in [-0.2, 0) is 12.8 Å². The molecule has 2 N–H and O–H groups in total. The van der Waals surface area contributed by atoms with Gasteiger partial charge in [0.1, 0.15) is 0 Å². The van der Waals surface area contributed by atoms with Gasteiger partial charge < -0.3 is 5.73 Å². The van der Waals surface area contributed by atoms with Crippen LogP contribution in [0.25, 0.3) is 0 Å². The third-order valence-electron chi connectivity index (χ3n) is 4.50. The van der Waals surface area contributed by atoms with Crippen LogP contribution < -0.4 is 5.73 Å². The van der Waals surface area contributed by atoms with Gasteiger partial charge in [0.2, 0.25) is 0 Å². The number of hydrogen-bond acceptors (Lipinski definition) is 2. The second kappa shape index (κ2) is 5.11. The fraction of sp³-hybridized carbons (Fsp3) is 0.733. The van der Waals surface area contributed by atoms with Gasteiger partial charge in [0.05, 0.1) is 0 Å². The highest BCUT2D eigenvalue weighted by Crippen LogP contribution is 2.39. The lowest BCUT2D eigenvalue weighted by Crippen LogP contribution is -2.17. The number of aryl methyl sites for hydroxylation is 2. The highest BCUT2D eigenvalue weighted by Gasteiger charge is 2.25. The summed E-state index contributed by atoms with van der Waals surface area (Å²) in [4.78, 5) is 3.12. The Morgan fingerprint density at radius 1 is 1.06 bits per heavy atom. The van der Waals surface area contributed by atoms with E-state index in [-0.39, 0.29) is 0 Å². The van der Waals surface area contributed by atoms with Crippen LogP contribution in [-0.4, -0.2) is 0 Å². The topological polar surface area (TPSA) is 26.0 Å². The summed E-state index contributed by atoms with van der Waals surface area (Å²) in [5.41, 5.74) is 8.08. The van der Waals surface area contributed by atoms with Gasteiger partial charge in [0, 0.05) is 15.8 Å². The van der Waals surface area contributed by atoms with Crippen molar-refractivity contribution in [3.63, 3.8) is 0 Å². The van der Waals surface area contributed by atoms with E-state index in [9.17, 15) is 0 Å². The van der Waals surface area contributed by atoms with Gasteiger partial charge in [0.15, 0.2) is 0 Å². The van der Waals surface area contributed by atoms with E-state index in [1.54, 1.807) is 10.4 Å². The van der Waals surface area contributed by atoms with Crippen molar-refractivity contribution in [1.29, 1.82) is 0 Å². The van der Waals surface area contributed by atoms with E-state index in [1.165, 1.54) is 62.7 Å². The summed E-state index contributed by atoms with van der Waals surface area (Å²) in [6.07, 6.45) is 12.2. The molecule has 0 radical (unpaired) electrons. The van der Waals surface area contributed by atoms with E-state index >= 15 is 0 Å². The molecular formula is C15H23NS. The second-order valence-corrected chi connectivity index (χ2v) is 6.90. The molecule has 1 nitrogen and oxygen atoms in total. The van der Waals surface area contributed by atoms with Crippen LogP contribution in [0, 0.1) is 5.92 Å². The normalized spacial score (nSPS) is 23.4. The molecule has 1 heterocycles. The summed E-state index contributed by atoms with van der Waals surface area (Å²) >= 11 is 2.02. The van der Waals surface area contributed by atoms with Crippen LogP contribution in [0.5, 0.6) is 0 Å². The molecule has 1 fully saturated rings. The van der Waals surface area contributed by atoms with Gasteiger partial charge in [0.25, 0.3) is 0 Å². The minimum Gasteiger partial charge on any atom is -0.323 e. The third kappa shape index (κ3) is 2.43. The van der Waals surface area contributed by atoms with Crippen molar-refractivity contribution in [2.75, 3.05) is 0 Å². The zero-order chi connectivity index (χ0) is 11.7. The molecule has 1 saturated carbocycles. The molecule has 0 amide bonds. The Morgan fingerprint density at radius 2 is 1.82 bits per heavy atom. The van der Waals surface area contributed by atoms with Crippen LogP contribution >= 0.6 is 11.3 Å². The Kier molecular flexibility index (Phi) is 3.53. The van der Waals surface area contributed by atoms with Crippen molar-refractivity contribution in [2.45, 2.75) is 63.8 Å². The molecule has 1 aromatic heterocycles. The molecule has 1 atom stereocenters. The highest BCUT2D eigenvalue weighted by molar-refractivity contribution is 7.12. The van der Waals surface area contributed by atoms with E-state index in [0.717, 1.165) is 5.92 Å². The first-order chi connectivity index (χ1) is 8.34. The fourth-order valence-corrected chi connectivity index (χ4v) is 4.76. The predicted molar refractivity (Wildman–Crippen MR) is 74.5 cm³/mol. The SMILES string of the molecule is NC(c1cc2c(s1)CCCCC2)C1CCCC1. The van der Waals surface area contributed by atoms with Gasteiger partial charge in [-0.3, -0.25) is 0 Å². The Bertz CT molecular complexity index is 353. The molecule has 0 aliphatic heterocycles. The van der Waals surface area contributed by atoms with Gasteiger partial charge >= 0.3 is 0 Å². The van der Waals surface area contributed by atoms with Crippen LogP contribution in [0.4, 0.5) is 0 Å². The summed E-state index contributed by atoms with van der Waals surface area (Å²) in [5.74, 6) is 0.761. The fourth-order valence-electron chi connectivity index (χ4n) is 3.40. The average molecular weight is 249 g/mol. The van der Waals surface area contributed by atoms with Gasteiger partial charge in [-0.15, -0.1) is 11.3 Å². The molecule has 2 aliphatic carbocycles. The van der Waals surface area contributed by atoms with E-state index in [1.807, 2.05) is 11.3 Å². The lowest BCUT2D eigenvalue weighted by atomic mass is 9.97. The summed E-state index contributed by atoms with van der Waals surface area (Å²) < 4.78 is 0. The first-order valence-electron chi connectivity index (χ1n) is 7.21. The molecular weight excluding hydrogens is 226 g/mol. The number of nitrogens with two attached hydrogens (primary N) is 1. The monoisotopic (exact) mass is 249 g/mol. The van der Waals surface area contributed by atoms with Crippen molar-refractivity contribution >= 4 is 11.3 Å². The first kappa shape index (κ1) is 11.7. The standard InChI is InChI=1S/C15H23NS/c16-15(11-6-4-5-7-11)14-10-12-8-2-1-3-9-13(12)17-14/h10-11,15H,1-9,16H2. The van der Waals surface area contributed by atoms with Crippen molar-refractivity contribution < 1.29 is 0 Å². The summed E-state index contributed by atoms with van der Waals surface area (Å²) in [6.45, 7) is 0. The minimum absolute atomic E-state index is 0.328. The quantitative estimate of drug-likeness (QED) is 0.781. The predicted octanol–water partition coefficient (Wildman–Crippen LogP) is 4.21. The van der Waals surface area contributed by atoms with Crippen LogP contribution in [0.1, 0.15) is 66.3 Å². The van der Waals surface area contributed by atoms with Crippen molar-refractivity contribution in [2.24, 2.45) is 11.7 Å². The van der Waals surface area contributed by atoms with E-state index in [4.69, 9.17) is 5.73 Å². The maximum Gasteiger partial charge on any atom is 0.0418 e. The molecule has 0 spiro atoms. The Labute approximate surface area is 108 Å². The lowest BCUT2D eigenvalue weighted by molar-refractivity contribution is 0.450. The molecule has 1 aromatic rings. The van der Waals surface area contributed by atoms with Gasteiger partial charge in [-0.2, -0.15) is 0 Å². The average Bonchev–Trinajstić information content (AvgIpc) is 2.95. The second-order valence-electron chi connectivity index (χ2n) is 5.73. The largest absolute Gasteiger partial charge is 0.323 e. The molecule has 17 heavy (non-hydrogen) atoms. The van der Waals surface area contributed by atoms with Crippen LogP contribution in [0.2, 0.25) is 0 Å². The summed E-state index contributed by atoms with van der Waals surface area (Å²) in [7, 11) is 0. The molecule has 94 valence electrons. The number of fused-ring (bicyclic) bond motifs is 1. The summed E-state index contributed by atoms with van der Waals surface area (Å²) in [5, 5.41) is 0. The van der Waals surface area contributed by atoms with E-state index < -0.39 is 0 Å². The van der Waals surface area contributed by atoms with Crippen LogP contribution in [0.3, 0.4) is 0 Å². The minimum atomic E-state index is 0.328. The third-order valence-corrected chi connectivity index (χ3v) is 5.84. The molecule has 3 rings (SSSR count). The molecule has 2 heteroatoms. The summed E-state index contributed by atoms with van der Waals surface area (Å²) in [6, 6.07) is 2.77. The zero-order valence-corrected chi connectivity index (χ0v) is 11.4.